The first-order valence-corrected chi connectivity index (χ1v) is 19.9. The van der Waals surface area contributed by atoms with Crippen LogP contribution in [0.5, 0.6) is 11.5 Å². The molecule has 332 valence electrons. The van der Waals surface area contributed by atoms with Gasteiger partial charge in [-0.2, -0.15) is 26.3 Å². The highest BCUT2D eigenvalue weighted by Crippen LogP contribution is 2.40. The van der Waals surface area contributed by atoms with Crippen molar-refractivity contribution in [3.05, 3.63) is 191 Å². The van der Waals surface area contributed by atoms with Gasteiger partial charge in [0.15, 0.2) is 11.5 Å². The molecule has 12 nitrogen and oxygen atoms in total. The summed E-state index contributed by atoms with van der Waals surface area (Å²) in [5.74, 6) is -2.00. The summed E-state index contributed by atoms with van der Waals surface area (Å²) in [6.07, 6.45) is -1.62. The highest BCUT2D eigenvalue weighted by atomic mass is 19.4. The van der Waals surface area contributed by atoms with Crippen molar-refractivity contribution in [1.29, 1.82) is 0 Å². The fourth-order valence-corrected chi connectivity index (χ4v) is 7.05. The second-order valence-corrected chi connectivity index (χ2v) is 14.7. The van der Waals surface area contributed by atoms with E-state index in [4.69, 9.17) is 9.47 Å². The molecular weight excluding hydrogens is 867 g/mol. The molecule has 66 heavy (non-hydrogen) atoms. The molecule has 8 aromatic rings. The molecule has 0 amide bonds. The van der Waals surface area contributed by atoms with E-state index in [1.807, 2.05) is 0 Å². The van der Waals surface area contributed by atoms with Crippen LogP contribution in [0.1, 0.15) is 56.9 Å². The monoisotopic (exact) mass is 900 g/mol. The van der Waals surface area contributed by atoms with Crippen LogP contribution in [-0.4, -0.2) is 41.8 Å². The quantitative estimate of drug-likeness (QED) is 0.0519. The van der Waals surface area contributed by atoms with Crippen molar-refractivity contribution in [2.24, 2.45) is 0 Å². The number of nitrogens with zero attached hydrogens (tertiary/aromatic N) is 6. The summed E-state index contributed by atoms with van der Waals surface area (Å²) in [7, 11) is 0. The van der Waals surface area contributed by atoms with E-state index in [9.17, 15) is 35.9 Å². The molecule has 4 aromatic heterocycles. The van der Waals surface area contributed by atoms with Crippen LogP contribution in [0.3, 0.4) is 0 Å². The van der Waals surface area contributed by atoms with Gasteiger partial charge in [0, 0.05) is 70.2 Å². The highest BCUT2D eigenvalue weighted by molar-refractivity contribution is 5.97. The number of carbonyl (C=O) groups is 2. The van der Waals surface area contributed by atoms with Gasteiger partial charge >= 0.3 is 24.3 Å². The maximum atomic E-state index is 13.8. The number of halogens is 6. The second-order valence-electron chi connectivity index (χ2n) is 14.7. The van der Waals surface area contributed by atoms with E-state index in [1.54, 1.807) is 74.5 Å². The number of hydrogen-bond donors (Lipinski definition) is 2. The molecule has 2 N–H and O–H groups in total. The van der Waals surface area contributed by atoms with E-state index in [2.05, 4.69) is 40.5 Å². The van der Waals surface area contributed by atoms with Crippen molar-refractivity contribution in [2.45, 2.75) is 38.3 Å². The largest absolute Gasteiger partial charge is 0.421 e. The lowest BCUT2D eigenvalue weighted by atomic mass is 9.95. The summed E-state index contributed by atoms with van der Waals surface area (Å²) in [4.78, 5) is 53.7. The first kappa shape index (κ1) is 44.3. The Labute approximate surface area is 371 Å². The van der Waals surface area contributed by atoms with E-state index >= 15 is 0 Å². The summed E-state index contributed by atoms with van der Waals surface area (Å²) in [6.45, 7) is 3.47. The number of rotatable bonds is 12. The van der Waals surface area contributed by atoms with E-state index < -0.39 is 47.5 Å². The molecule has 0 aliphatic heterocycles. The molecule has 0 spiro atoms. The van der Waals surface area contributed by atoms with Crippen LogP contribution in [0, 0.1) is 13.8 Å². The normalized spacial score (nSPS) is 12.8. The number of fused-ring (bicyclic) bond motifs is 2. The third-order valence-corrected chi connectivity index (χ3v) is 10.2. The Hall–Kier alpha value is -8.28. The number of anilines is 2. The van der Waals surface area contributed by atoms with Crippen molar-refractivity contribution in [3.63, 3.8) is 0 Å². The molecule has 0 aliphatic rings. The minimum Gasteiger partial charge on any atom is -0.421 e. The molecule has 18 heteroatoms. The Morgan fingerprint density at radius 2 is 0.909 bits per heavy atom. The fraction of sp³-hybridized carbons (Fsp3) is 0.125. The molecule has 4 aromatic carbocycles. The SMILES string of the molecule is Cc1ccnc(N[C@@H](c2ccc(C(F)(F)F)cc2)c2ccc3cccnc3c2OC(=O)/C=C/C(=O)Oc2c([C@@H](Nc3nccc(C)n3)c3ccc(C(F)(F)F)cc3)ccc3cccnc23)n1. The third kappa shape index (κ3) is 10.1. The molecule has 4 heterocycles. The van der Waals surface area contributed by atoms with Crippen LogP contribution in [0.15, 0.2) is 146 Å². The number of alkyl halides is 6. The number of esters is 2. The van der Waals surface area contributed by atoms with Gasteiger partial charge in [-0.25, -0.2) is 29.5 Å². The summed E-state index contributed by atoms with van der Waals surface area (Å²) in [5, 5.41) is 7.40. The Kier molecular flexibility index (Phi) is 12.4. The molecule has 2 atom stereocenters. The maximum Gasteiger partial charge on any atom is 0.416 e. The zero-order chi connectivity index (χ0) is 46.6. The number of nitrogens with one attached hydrogen (secondary N) is 2. The van der Waals surface area contributed by atoms with Crippen LogP contribution in [0.2, 0.25) is 0 Å². The molecule has 0 saturated carbocycles. The number of carbonyl (C=O) groups excluding carboxylic acids is 2. The number of aromatic nitrogens is 6. The third-order valence-electron chi connectivity index (χ3n) is 10.2. The average molecular weight is 901 g/mol. The molecule has 0 fully saturated rings. The number of pyridine rings is 2. The van der Waals surface area contributed by atoms with Gasteiger partial charge in [0.25, 0.3) is 0 Å². The Bertz CT molecular complexity index is 2900. The summed E-state index contributed by atoms with van der Waals surface area (Å²) < 4.78 is 93.6. The van der Waals surface area contributed by atoms with Crippen molar-refractivity contribution in [3.8, 4) is 11.5 Å². The van der Waals surface area contributed by atoms with Crippen molar-refractivity contribution >= 4 is 45.6 Å². The summed E-state index contributed by atoms with van der Waals surface area (Å²) >= 11 is 0. The van der Waals surface area contributed by atoms with Gasteiger partial charge in [-0.05, 0) is 73.5 Å². The first-order chi connectivity index (χ1) is 31.6. The van der Waals surface area contributed by atoms with Crippen LogP contribution < -0.4 is 20.1 Å². The van der Waals surface area contributed by atoms with E-state index in [0.717, 1.165) is 36.4 Å². The Balaban J connectivity index is 1.14. The van der Waals surface area contributed by atoms with E-state index in [-0.39, 0.29) is 45.6 Å². The minimum atomic E-state index is -4.60. The van der Waals surface area contributed by atoms with Gasteiger partial charge in [0.1, 0.15) is 11.0 Å². The molecule has 0 radical (unpaired) electrons. The van der Waals surface area contributed by atoms with Gasteiger partial charge in [-0.1, -0.05) is 60.7 Å². The predicted octanol–water partition coefficient (Wildman–Crippen LogP) is 10.5. The minimum absolute atomic E-state index is 0.0782. The lowest BCUT2D eigenvalue weighted by Crippen LogP contribution is -2.18. The van der Waals surface area contributed by atoms with Gasteiger partial charge in [0.05, 0.1) is 23.2 Å². The van der Waals surface area contributed by atoms with Gasteiger partial charge < -0.3 is 20.1 Å². The zero-order valence-electron chi connectivity index (χ0n) is 34.6. The first-order valence-electron chi connectivity index (χ1n) is 19.9. The van der Waals surface area contributed by atoms with Crippen LogP contribution in [-0.2, 0) is 21.9 Å². The summed E-state index contributed by atoms with van der Waals surface area (Å²) in [6, 6.07) is 23.6. The number of hydrogen-bond acceptors (Lipinski definition) is 12. The number of benzene rings is 4. The smallest absolute Gasteiger partial charge is 0.416 e. The average Bonchev–Trinajstić information content (AvgIpc) is 3.29. The lowest BCUT2D eigenvalue weighted by molar-refractivity contribution is -0.138. The number of ether oxygens (including phenoxy) is 2. The molecular formula is C48H34F6N8O4. The molecule has 8 rings (SSSR count). The van der Waals surface area contributed by atoms with Crippen molar-refractivity contribution in [1.82, 2.24) is 29.9 Å². The number of aryl methyl sites for hydroxylation is 2. The Morgan fingerprint density at radius 1 is 0.515 bits per heavy atom. The van der Waals surface area contributed by atoms with Crippen molar-refractivity contribution in [2.75, 3.05) is 10.6 Å². The van der Waals surface area contributed by atoms with Gasteiger partial charge in [0.2, 0.25) is 11.9 Å². The lowest BCUT2D eigenvalue weighted by Gasteiger charge is -2.23. The van der Waals surface area contributed by atoms with Gasteiger partial charge in [-0.3, -0.25) is 9.97 Å². The molecule has 0 unspecified atom stereocenters. The topological polar surface area (TPSA) is 154 Å². The highest BCUT2D eigenvalue weighted by Gasteiger charge is 2.33. The second kappa shape index (κ2) is 18.4. The van der Waals surface area contributed by atoms with Crippen molar-refractivity contribution < 1.29 is 45.4 Å². The summed E-state index contributed by atoms with van der Waals surface area (Å²) in [5.41, 5.74) is 1.07. The van der Waals surface area contributed by atoms with Crippen LogP contribution in [0.4, 0.5) is 38.2 Å². The molecule has 0 aliphatic carbocycles. The maximum absolute atomic E-state index is 13.8. The Morgan fingerprint density at radius 3 is 1.27 bits per heavy atom. The van der Waals surface area contributed by atoms with E-state index in [1.165, 1.54) is 49.1 Å². The molecule has 0 saturated heterocycles. The predicted molar refractivity (Wildman–Crippen MR) is 231 cm³/mol. The molecule has 0 bridgehead atoms. The van der Waals surface area contributed by atoms with Crippen LogP contribution >= 0.6 is 0 Å². The van der Waals surface area contributed by atoms with E-state index in [0.29, 0.717) is 33.3 Å². The zero-order valence-corrected chi connectivity index (χ0v) is 34.6. The fourth-order valence-electron chi connectivity index (χ4n) is 7.05. The van der Waals surface area contributed by atoms with Crippen LogP contribution in [0.25, 0.3) is 21.8 Å². The van der Waals surface area contributed by atoms with Gasteiger partial charge in [-0.15, -0.1) is 0 Å². The standard InChI is InChI=1S/C48H34F6N8O4/c1-27-21-25-57-45(59-27)61-39(31-7-13-33(14-8-31)47(49,50)51)35-17-11-29-5-3-23-55-41(29)43(35)65-37(63)19-20-38(64)66-44-36(18-12-30-6-4-24-56-42(30)44)40(62-46-58-26-22-28(2)60-46)32-9-15-34(16-10-32)48(52,53)54/h3-26,39-40H,1-2H3,(H,57,59,61)(H,58,60,62)/b20-19+/t39-,40-/m0/s1.